The second-order valence-electron chi connectivity index (χ2n) is 3.26. The Kier molecular flexibility index (Phi) is 3.08. The molecule has 1 aromatic carbocycles. The number of carbonyl (C=O) groups is 1. The van der Waals surface area contributed by atoms with Crippen LogP contribution in [0.2, 0.25) is 0 Å². The highest BCUT2D eigenvalue weighted by Gasteiger charge is 2.01. The Morgan fingerprint density at radius 1 is 1.29 bits per heavy atom. The van der Waals surface area contributed by atoms with Gasteiger partial charge in [0.2, 0.25) is 0 Å². The summed E-state index contributed by atoms with van der Waals surface area (Å²) in [6, 6.07) is 7.36. The first kappa shape index (κ1) is 11.2. The van der Waals surface area contributed by atoms with Gasteiger partial charge in [0.1, 0.15) is 0 Å². The fraction of sp³-hybridized carbons (Fsp3) is 0. The topological polar surface area (TPSA) is 82.0 Å². The number of hydrogen-bond acceptors (Lipinski definition) is 4. The number of aromatic nitrogens is 1. The fourth-order valence-corrected chi connectivity index (χ4v) is 1.85. The van der Waals surface area contributed by atoms with Crippen molar-refractivity contribution in [2.75, 3.05) is 5.73 Å². The van der Waals surface area contributed by atoms with Crippen molar-refractivity contribution in [1.82, 2.24) is 4.98 Å². The van der Waals surface area contributed by atoms with E-state index in [1.165, 1.54) is 11.3 Å². The van der Waals surface area contributed by atoms with E-state index in [9.17, 15) is 4.79 Å². The highest BCUT2D eigenvalue weighted by Crippen LogP contribution is 2.22. The lowest BCUT2D eigenvalue weighted by molar-refractivity contribution is -0.112. The number of nitrogens with zero attached hydrogens (tertiary/aromatic N) is 1. The van der Waals surface area contributed by atoms with E-state index in [1.54, 1.807) is 12.1 Å². The molecule has 0 saturated carbocycles. The van der Waals surface area contributed by atoms with Crippen LogP contribution in [-0.4, -0.2) is 10.9 Å². The number of benzene rings is 1. The summed E-state index contributed by atoms with van der Waals surface area (Å²) in [4.78, 5) is 14.7. The van der Waals surface area contributed by atoms with Gasteiger partial charge in [0.15, 0.2) is 5.13 Å². The molecule has 0 fully saturated rings. The molecule has 0 aliphatic heterocycles. The maximum atomic E-state index is 10.5. The molecule has 2 rings (SSSR count). The van der Waals surface area contributed by atoms with Crippen LogP contribution in [0.5, 0.6) is 0 Å². The van der Waals surface area contributed by atoms with Crippen LogP contribution >= 0.6 is 11.3 Å². The van der Waals surface area contributed by atoms with E-state index in [-0.39, 0.29) is 0 Å². The second-order valence-corrected chi connectivity index (χ2v) is 4.15. The van der Waals surface area contributed by atoms with E-state index in [4.69, 9.17) is 11.5 Å². The molecule has 0 saturated heterocycles. The predicted molar refractivity (Wildman–Crippen MR) is 68.0 cm³/mol. The van der Waals surface area contributed by atoms with E-state index in [2.05, 4.69) is 16.8 Å². The van der Waals surface area contributed by atoms with Crippen molar-refractivity contribution in [2.45, 2.75) is 0 Å². The van der Waals surface area contributed by atoms with Gasteiger partial charge in [0.25, 0.3) is 5.91 Å². The largest absolute Gasteiger partial charge is 0.375 e. The molecule has 17 heavy (non-hydrogen) atoms. The van der Waals surface area contributed by atoms with E-state index >= 15 is 0 Å². The number of amides is 1. The molecule has 1 aromatic heterocycles. The van der Waals surface area contributed by atoms with Crippen molar-refractivity contribution in [3.8, 4) is 23.1 Å². The molecule has 84 valence electrons. The number of thiazole rings is 1. The van der Waals surface area contributed by atoms with Gasteiger partial charge in [0.05, 0.1) is 5.69 Å². The first-order valence-electron chi connectivity index (χ1n) is 4.78. The molecular weight excluding hydrogens is 234 g/mol. The number of nitrogen functional groups attached to an aromatic ring is 1. The molecule has 1 amide bonds. The molecule has 1 heterocycles. The zero-order chi connectivity index (χ0) is 12.3. The third kappa shape index (κ3) is 2.83. The Morgan fingerprint density at radius 3 is 2.53 bits per heavy atom. The third-order valence-electron chi connectivity index (χ3n) is 2.03. The number of hydrogen-bond donors (Lipinski definition) is 2. The van der Waals surface area contributed by atoms with Crippen LogP contribution in [-0.2, 0) is 4.79 Å². The standard InChI is InChI=1S/C12H9N3OS/c13-11(16)6-3-8-1-4-9(5-2-8)10-7-17-12(14)15-10/h1-2,4-5,7H,(H2,13,16)(H2,14,15). The number of anilines is 1. The third-order valence-corrected chi connectivity index (χ3v) is 2.71. The van der Waals surface area contributed by atoms with Gasteiger partial charge in [-0.2, -0.15) is 0 Å². The van der Waals surface area contributed by atoms with Crippen LogP contribution in [0, 0.1) is 11.8 Å². The first-order valence-corrected chi connectivity index (χ1v) is 5.66. The monoisotopic (exact) mass is 243 g/mol. The van der Waals surface area contributed by atoms with Crippen LogP contribution in [0.4, 0.5) is 5.13 Å². The summed E-state index contributed by atoms with van der Waals surface area (Å²) in [5.74, 6) is 4.30. The van der Waals surface area contributed by atoms with Gasteiger partial charge >= 0.3 is 0 Å². The van der Waals surface area contributed by atoms with Crippen molar-refractivity contribution in [1.29, 1.82) is 0 Å². The van der Waals surface area contributed by atoms with Crippen molar-refractivity contribution < 1.29 is 4.79 Å². The van der Waals surface area contributed by atoms with E-state index in [1.807, 2.05) is 17.5 Å². The van der Waals surface area contributed by atoms with Gasteiger partial charge in [-0.1, -0.05) is 18.1 Å². The van der Waals surface area contributed by atoms with E-state index in [0.717, 1.165) is 16.8 Å². The molecule has 4 nitrogen and oxygen atoms in total. The van der Waals surface area contributed by atoms with Crippen molar-refractivity contribution >= 4 is 22.4 Å². The van der Waals surface area contributed by atoms with E-state index in [0.29, 0.717) is 5.13 Å². The van der Waals surface area contributed by atoms with Crippen LogP contribution in [0.15, 0.2) is 29.6 Å². The van der Waals surface area contributed by atoms with Crippen LogP contribution in [0.3, 0.4) is 0 Å². The summed E-state index contributed by atoms with van der Waals surface area (Å²) in [6.07, 6.45) is 0. The second kappa shape index (κ2) is 4.68. The zero-order valence-electron chi connectivity index (χ0n) is 8.81. The lowest BCUT2D eigenvalue weighted by atomic mass is 10.1. The Hall–Kier alpha value is -2.32. The molecule has 2 aromatic rings. The summed E-state index contributed by atoms with van der Waals surface area (Å²) in [7, 11) is 0. The lowest BCUT2D eigenvalue weighted by Crippen LogP contribution is -2.06. The van der Waals surface area contributed by atoms with Crippen molar-refractivity contribution in [3.05, 3.63) is 35.2 Å². The van der Waals surface area contributed by atoms with Gasteiger partial charge in [-0.25, -0.2) is 4.98 Å². The highest BCUT2D eigenvalue weighted by atomic mass is 32.1. The summed E-state index contributed by atoms with van der Waals surface area (Å²) < 4.78 is 0. The summed E-state index contributed by atoms with van der Waals surface area (Å²) >= 11 is 1.40. The Morgan fingerprint density at radius 2 is 2.00 bits per heavy atom. The van der Waals surface area contributed by atoms with Crippen LogP contribution < -0.4 is 11.5 Å². The summed E-state index contributed by atoms with van der Waals surface area (Å²) in [5.41, 5.74) is 13.0. The molecule has 0 aliphatic carbocycles. The summed E-state index contributed by atoms with van der Waals surface area (Å²) in [6.45, 7) is 0. The van der Waals surface area contributed by atoms with Crippen LogP contribution in [0.25, 0.3) is 11.3 Å². The number of carbonyl (C=O) groups excluding carboxylic acids is 1. The minimum atomic E-state index is -0.638. The lowest BCUT2D eigenvalue weighted by Gasteiger charge is -1.96. The smallest absolute Gasteiger partial charge is 0.293 e. The minimum absolute atomic E-state index is 0.539. The molecule has 0 radical (unpaired) electrons. The molecular formula is C12H9N3OS. The Balaban J connectivity index is 2.25. The summed E-state index contributed by atoms with van der Waals surface area (Å²) in [5, 5.41) is 2.43. The Bertz CT molecular complexity index is 605. The quantitative estimate of drug-likeness (QED) is 0.739. The molecule has 0 atom stereocenters. The average molecular weight is 243 g/mol. The highest BCUT2D eigenvalue weighted by molar-refractivity contribution is 7.13. The van der Waals surface area contributed by atoms with Gasteiger partial charge in [-0.05, 0) is 18.1 Å². The molecule has 5 heteroatoms. The molecule has 0 spiro atoms. The fourth-order valence-electron chi connectivity index (χ4n) is 1.28. The first-order chi connectivity index (χ1) is 8.15. The molecule has 0 aliphatic rings. The maximum absolute atomic E-state index is 10.5. The SMILES string of the molecule is NC(=O)C#Cc1ccc(-c2csc(N)n2)cc1. The number of primary amides is 1. The predicted octanol–water partition coefficient (Wildman–Crippen LogP) is 1.23. The average Bonchev–Trinajstić information content (AvgIpc) is 2.74. The molecule has 0 unspecified atom stereocenters. The minimum Gasteiger partial charge on any atom is -0.375 e. The van der Waals surface area contributed by atoms with Gasteiger partial charge < -0.3 is 11.5 Å². The van der Waals surface area contributed by atoms with E-state index < -0.39 is 5.91 Å². The number of rotatable bonds is 1. The Labute approximate surface area is 102 Å². The maximum Gasteiger partial charge on any atom is 0.293 e. The van der Waals surface area contributed by atoms with Crippen molar-refractivity contribution in [2.24, 2.45) is 5.73 Å². The zero-order valence-corrected chi connectivity index (χ0v) is 9.62. The molecule has 4 N–H and O–H groups in total. The number of nitrogens with two attached hydrogens (primary N) is 2. The van der Waals surface area contributed by atoms with Gasteiger partial charge in [-0.3, -0.25) is 4.79 Å². The normalized spacial score (nSPS) is 9.41. The molecule has 0 bridgehead atoms. The van der Waals surface area contributed by atoms with Gasteiger partial charge in [-0.15, -0.1) is 11.3 Å². The van der Waals surface area contributed by atoms with Gasteiger partial charge in [0, 0.05) is 16.5 Å². The van der Waals surface area contributed by atoms with Crippen molar-refractivity contribution in [3.63, 3.8) is 0 Å². The van der Waals surface area contributed by atoms with Crippen LogP contribution in [0.1, 0.15) is 5.56 Å².